The predicted octanol–water partition coefficient (Wildman–Crippen LogP) is 2.97. The summed E-state index contributed by atoms with van der Waals surface area (Å²) in [4.78, 5) is 33.7. The van der Waals surface area contributed by atoms with Crippen LogP contribution >= 0.6 is 0 Å². The summed E-state index contributed by atoms with van der Waals surface area (Å²) < 4.78 is 0. The van der Waals surface area contributed by atoms with Gasteiger partial charge in [-0.1, -0.05) is 60.7 Å². The van der Waals surface area contributed by atoms with Gasteiger partial charge in [-0.15, -0.1) is 0 Å². The highest BCUT2D eigenvalue weighted by Crippen LogP contribution is 2.30. The van der Waals surface area contributed by atoms with Crippen molar-refractivity contribution in [2.24, 2.45) is 0 Å². The summed E-state index contributed by atoms with van der Waals surface area (Å²) in [5.74, 6) is -1.31. The third-order valence-corrected chi connectivity index (χ3v) is 5.29. The van der Waals surface area contributed by atoms with Gasteiger partial charge in [-0.2, -0.15) is 0 Å². The molecule has 2 heterocycles. The molecule has 0 unspecified atom stereocenters. The zero-order chi connectivity index (χ0) is 19.5. The Bertz CT molecular complexity index is 929. The van der Waals surface area contributed by atoms with Crippen LogP contribution in [0.3, 0.4) is 0 Å². The van der Waals surface area contributed by atoms with E-state index >= 15 is 0 Å². The molecule has 2 aromatic carbocycles. The van der Waals surface area contributed by atoms with E-state index in [1.54, 1.807) is 6.33 Å². The van der Waals surface area contributed by atoms with Crippen LogP contribution in [0.1, 0.15) is 34.9 Å². The lowest BCUT2D eigenvalue weighted by Crippen LogP contribution is -2.49. The van der Waals surface area contributed by atoms with Crippen LogP contribution in [-0.4, -0.2) is 37.9 Å². The first-order chi connectivity index (χ1) is 13.6. The Morgan fingerprint density at radius 1 is 1.07 bits per heavy atom. The Morgan fingerprint density at radius 2 is 1.68 bits per heavy atom. The first-order valence-corrected chi connectivity index (χ1v) is 9.26. The summed E-state index contributed by atoms with van der Waals surface area (Å²) in [6, 6.07) is 18.8. The standard InChI is InChI=1S/C22H21N3O3/c26-21(25-13-19-18(23-14-24-19)12-20(25)22(27)28)11-17(15-7-3-1-4-8-15)16-9-5-2-6-10-16/h1-10,14,17,20H,11-13H2,(H,23,24)(H,27,28)/t20-/m1/s1. The molecule has 1 amide bonds. The monoisotopic (exact) mass is 375 g/mol. The van der Waals surface area contributed by atoms with Gasteiger partial charge in [0.05, 0.1) is 24.3 Å². The fourth-order valence-corrected chi connectivity index (χ4v) is 3.81. The molecule has 0 radical (unpaired) electrons. The van der Waals surface area contributed by atoms with Gasteiger partial charge in [-0.25, -0.2) is 9.78 Å². The van der Waals surface area contributed by atoms with Crippen molar-refractivity contribution in [1.82, 2.24) is 14.9 Å². The van der Waals surface area contributed by atoms with Crippen LogP contribution in [0.15, 0.2) is 67.0 Å². The first kappa shape index (κ1) is 18.0. The molecule has 3 aromatic rings. The number of imidazole rings is 1. The van der Waals surface area contributed by atoms with Gasteiger partial charge in [0.25, 0.3) is 0 Å². The van der Waals surface area contributed by atoms with Crippen molar-refractivity contribution in [2.75, 3.05) is 0 Å². The smallest absolute Gasteiger partial charge is 0.326 e. The molecular formula is C22H21N3O3. The largest absolute Gasteiger partial charge is 0.480 e. The molecule has 0 spiro atoms. The van der Waals surface area contributed by atoms with Gasteiger partial charge in [-0.05, 0) is 11.1 Å². The van der Waals surface area contributed by atoms with Crippen LogP contribution in [0.25, 0.3) is 0 Å². The van der Waals surface area contributed by atoms with Gasteiger partial charge in [0.15, 0.2) is 0 Å². The minimum absolute atomic E-state index is 0.132. The van der Waals surface area contributed by atoms with Crippen LogP contribution in [0.2, 0.25) is 0 Å². The lowest BCUT2D eigenvalue weighted by Gasteiger charge is -2.33. The fourth-order valence-electron chi connectivity index (χ4n) is 3.81. The molecule has 0 fully saturated rings. The summed E-state index contributed by atoms with van der Waals surface area (Å²) in [6.45, 7) is 0.238. The maximum absolute atomic E-state index is 13.2. The number of hydrogen-bond acceptors (Lipinski definition) is 3. The van der Waals surface area contributed by atoms with E-state index in [-0.39, 0.29) is 31.2 Å². The molecule has 6 heteroatoms. The summed E-state index contributed by atoms with van der Waals surface area (Å²) in [5, 5.41) is 9.66. The molecule has 2 N–H and O–H groups in total. The van der Waals surface area contributed by atoms with E-state index in [4.69, 9.17) is 0 Å². The normalized spacial score (nSPS) is 16.0. The Labute approximate surface area is 162 Å². The highest BCUT2D eigenvalue weighted by atomic mass is 16.4. The maximum Gasteiger partial charge on any atom is 0.326 e. The number of nitrogens with zero attached hydrogens (tertiary/aromatic N) is 2. The minimum atomic E-state index is -1.00. The predicted molar refractivity (Wildman–Crippen MR) is 104 cm³/mol. The van der Waals surface area contributed by atoms with Crippen LogP contribution in [0.5, 0.6) is 0 Å². The third-order valence-electron chi connectivity index (χ3n) is 5.29. The zero-order valence-electron chi connectivity index (χ0n) is 15.3. The van der Waals surface area contributed by atoms with Crippen LogP contribution in [-0.2, 0) is 22.6 Å². The zero-order valence-corrected chi connectivity index (χ0v) is 15.3. The number of aromatic nitrogens is 2. The minimum Gasteiger partial charge on any atom is -0.480 e. The van der Waals surface area contributed by atoms with Gasteiger partial charge in [0.2, 0.25) is 5.91 Å². The number of benzene rings is 2. The lowest BCUT2D eigenvalue weighted by molar-refractivity contribution is -0.151. The maximum atomic E-state index is 13.2. The Kier molecular flexibility index (Phi) is 4.93. The molecule has 6 nitrogen and oxygen atoms in total. The van der Waals surface area contributed by atoms with Gasteiger partial charge >= 0.3 is 5.97 Å². The molecular weight excluding hydrogens is 354 g/mol. The van der Waals surface area contributed by atoms with Gasteiger partial charge in [-0.3, -0.25) is 4.79 Å². The van der Waals surface area contributed by atoms with E-state index in [0.717, 1.165) is 22.5 Å². The SMILES string of the molecule is O=C(O)[C@H]1Cc2nc[nH]c2CN1C(=O)CC(c1ccccc1)c1ccccc1. The van der Waals surface area contributed by atoms with Crippen molar-refractivity contribution in [2.45, 2.75) is 31.3 Å². The number of aliphatic carboxylic acids is 1. The Hall–Kier alpha value is -3.41. The number of carbonyl (C=O) groups is 2. The van der Waals surface area contributed by atoms with E-state index in [1.807, 2.05) is 60.7 Å². The van der Waals surface area contributed by atoms with E-state index in [1.165, 1.54) is 4.90 Å². The quantitative estimate of drug-likeness (QED) is 0.718. The number of carboxylic acids is 1. The van der Waals surface area contributed by atoms with E-state index < -0.39 is 12.0 Å². The van der Waals surface area contributed by atoms with Crippen molar-refractivity contribution >= 4 is 11.9 Å². The Balaban J connectivity index is 1.63. The summed E-state index contributed by atoms with van der Waals surface area (Å²) >= 11 is 0. The molecule has 1 atom stereocenters. The first-order valence-electron chi connectivity index (χ1n) is 9.26. The molecule has 0 saturated heterocycles. The van der Waals surface area contributed by atoms with Crippen LogP contribution in [0.4, 0.5) is 0 Å². The number of fused-ring (bicyclic) bond motifs is 1. The van der Waals surface area contributed by atoms with Crippen LogP contribution in [0, 0.1) is 0 Å². The van der Waals surface area contributed by atoms with Crippen molar-refractivity contribution in [1.29, 1.82) is 0 Å². The average Bonchev–Trinajstić information content (AvgIpc) is 3.20. The molecule has 0 bridgehead atoms. The number of aromatic amines is 1. The van der Waals surface area contributed by atoms with E-state index in [0.29, 0.717) is 0 Å². The number of carboxylic acid groups (broad SMARTS) is 1. The second kappa shape index (κ2) is 7.68. The second-order valence-electron chi connectivity index (χ2n) is 6.99. The van der Waals surface area contributed by atoms with Crippen molar-refractivity contribution in [3.05, 3.63) is 89.5 Å². The average molecular weight is 375 g/mol. The number of rotatable bonds is 5. The highest BCUT2D eigenvalue weighted by Gasteiger charge is 2.36. The Morgan fingerprint density at radius 3 is 2.25 bits per heavy atom. The number of carbonyl (C=O) groups excluding carboxylic acids is 1. The number of hydrogen-bond donors (Lipinski definition) is 2. The lowest BCUT2D eigenvalue weighted by atomic mass is 9.87. The summed E-state index contributed by atoms with van der Waals surface area (Å²) in [5.41, 5.74) is 3.60. The summed E-state index contributed by atoms with van der Waals surface area (Å²) in [7, 11) is 0. The second-order valence-corrected chi connectivity index (χ2v) is 6.99. The van der Waals surface area contributed by atoms with Gasteiger partial charge < -0.3 is 15.0 Å². The van der Waals surface area contributed by atoms with Crippen molar-refractivity contribution in [3.8, 4) is 0 Å². The molecule has 1 aliphatic heterocycles. The van der Waals surface area contributed by atoms with Crippen LogP contribution < -0.4 is 0 Å². The fraction of sp³-hybridized carbons (Fsp3) is 0.227. The van der Waals surface area contributed by atoms with Crippen molar-refractivity contribution < 1.29 is 14.7 Å². The molecule has 28 heavy (non-hydrogen) atoms. The highest BCUT2D eigenvalue weighted by molar-refractivity contribution is 5.85. The van der Waals surface area contributed by atoms with Gasteiger partial charge in [0.1, 0.15) is 6.04 Å². The molecule has 1 aromatic heterocycles. The third kappa shape index (κ3) is 3.53. The van der Waals surface area contributed by atoms with E-state index in [9.17, 15) is 14.7 Å². The molecule has 0 saturated carbocycles. The van der Waals surface area contributed by atoms with E-state index in [2.05, 4.69) is 9.97 Å². The molecule has 0 aliphatic carbocycles. The number of amides is 1. The number of nitrogens with one attached hydrogen (secondary N) is 1. The van der Waals surface area contributed by atoms with Crippen molar-refractivity contribution in [3.63, 3.8) is 0 Å². The molecule has 142 valence electrons. The topological polar surface area (TPSA) is 86.3 Å². The summed E-state index contributed by atoms with van der Waals surface area (Å²) in [6.07, 6.45) is 1.98. The molecule has 4 rings (SSSR count). The number of H-pyrrole nitrogens is 1. The molecule has 1 aliphatic rings. The van der Waals surface area contributed by atoms with Gasteiger partial charge in [0, 0.05) is 18.8 Å².